The Hall–Kier alpha value is -3.08. The number of benzene rings is 1. The second-order valence-corrected chi connectivity index (χ2v) is 8.28. The van der Waals surface area contributed by atoms with Crippen molar-refractivity contribution >= 4 is 5.91 Å². The van der Waals surface area contributed by atoms with Crippen molar-refractivity contribution in [3.8, 4) is 22.4 Å². The van der Waals surface area contributed by atoms with E-state index in [0.717, 1.165) is 46.6 Å². The summed E-state index contributed by atoms with van der Waals surface area (Å²) in [5.74, 6) is 1.47. The van der Waals surface area contributed by atoms with Crippen LogP contribution in [0.5, 0.6) is 0 Å². The molecular weight excluding hydrogens is 372 g/mol. The van der Waals surface area contributed by atoms with Crippen molar-refractivity contribution in [2.75, 3.05) is 0 Å². The van der Waals surface area contributed by atoms with Gasteiger partial charge in [-0.05, 0) is 36.1 Å². The molecule has 1 fully saturated rings. The summed E-state index contributed by atoms with van der Waals surface area (Å²) in [5.41, 5.74) is 5.08. The smallest absolute Gasteiger partial charge is 0.223 e. The van der Waals surface area contributed by atoms with Gasteiger partial charge in [-0.2, -0.15) is 0 Å². The first-order valence-electron chi connectivity index (χ1n) is 10.8. The number of nitrogens with one attached hydrogen (secondary N) is 1. The first-order chi connectivity index (χ1) is 14.6. The van der Waals surface area contributed by atoms with Gasteiger partial charge in [-0.15, -0.1) is 0 Å². The maximum Gasteiger partial charge on any atom is 0.223 e. The number of pyridine rings is 1. The molecule has 0 atom stereocenters. The van der Waals surface area contributed by atoms with Crippen LogP contribution in [0, 0.1) is 5.92 Å². The summed E-state index contributed by atoms with van der Waals surface area (Å²) in [6, 6.07) is 12.2. The molecule has 1 N–H and O–H groups in total. The van der Waals surface area contributed by atoms with Gasteiger partial charge in [0.15, 0.2) is 0 Å². The third-order valence-corrected chi connectivity index (χ3v) is 5.74. The lowest BCUT2D eigenvalue weighted by molar-refractivity contribution is -0.124. The van der Waals surface area contributed by atoms with Crippen LogP contribution in [0.2, 0.25) is 0 Å². The van der Waals surface area contributed by atoms with Gasteiger partial charge in [0.05, 0.1) is 5.69 Å². The van der Waals surface area contributed by atoms with Crippen molar-refractivity contribution in [2.45, 2.75) is 52.0 Å². The summed E-state index contributed by atoms with van der Waals surface area (Å²) < 4.78 is 0. The molecule has 4 rings (SSSR count). The van der Waals surface area contributed by atoms with E-state index >= 15 is 0 Å². The Morgan fingerprint density at radius 2 is 1.73 bits per heavy atom. The molecule has 0 saturated heterocycles. The van der Waals surface area contributed by atoms with Crippen LogP contribution in [0.3, 0.4) is 0 Å². The molecule has 0 spiro atoms. The first-order valence-corrected chi connectivity index (χ1v) is 10.8. The van der Waals surface area contributed by atoms with Gasteiger partial charge in [0.25, 0.3) is 0 Å². The van der Waals surface area contributed by atoms with Gasteiger partial charge in [-0.1, -0.05) is 51.0 Å². The largest absolute Gasteiger partial charge is 0.352 e. The van der Waals surface area contributed by atoms with Crippen LogP contribution in [-0.4, -0.2) is 20.9 Å². The molecule has 1 amide bonds. The third-order valence-electron chi connectivity index (χ3n) is 5.74. The molecule has 5 nitrogen and oxygen atoms in total. The zero-order chi connectivity index (χ0) is 20.9. The lowest BCUT2D eigenvalue weighted by Gasteiger charge is -2.13. The average Bonchev–Trinajstić information content (AvgIpc) is 3.33. The van der Waals surface area contributed by atoms with Crippen molar-refractivity contribution < 1.29 is 4.79 Å². The highest BCUT2D eigenvalue weighted by atomic mass is 16.1. The molecule has 1 aromatic carbocycles. The predicted octanol–water partition coefficient (Wildman–Crippen LogP) is 5.14. The number of carbonyl (C=O) groups is 1. The highest BCUT2D eigenvalue weighted by molar-refractivity contribution is 5.80. The molecule has 0 bridgehead atoms. The number of nitrogens with zero attached hydrogens (tertiary/aromatic N) is 3. The predicted molar refractivity (Wildman–Crippen MR) is 119 cm³/mol. The summed E-state index contributed by atoms with van der Waals surface area (Å²) in [4.78, 5) is 25.8. The number of hydrogen-bond donors (Lipinski definition) is 1. The zero-order valence-electron chi connectivity index (χ0n) is 17.6. The van der Waals surface area contributed by atoms with Crippen molar-refractivity contribution in [1.29, 1.82) is 0 Å². The number of aromatic nitrogens is 3. The van der Waals surface area contributed by atoms with Gasteiger partial charge in [0.1, 0.15) is 5.82 Å². The van der Waals surface area contributed by atoms with Crippen LogP contribution in [0.1, 0.15) is 56.8 Å². The van der Waals surface area contributed by atoms with Crippen molar-refractivity contribution in [1.82, 2.24) is 20.3 Å². The van der Waals surface area contributed by atoms with E-state index in [1.54, 1.807) is 12.4 Å². The molecule has 5 heteroatoms. The Labute approximate surface area is 178 Å². The van der Waals surface area contributed by atoms with E-state index in [0.29, 0.717) is 6.54 Å². The van der Waals surface area contributed by atoms with Crippen LogP contribution >= 0.6 is 0 Å². The number of rotatable bonds is 6. The Kier molecular flexibility index (Phi) is 6.17. The molecule has 2 heterocycles. The van der Waals surface area contributed by atoms with E-state index < -0.39 is 0 Å². The summed E-state index contributed by atoms with van der Waals surface area (Å²) in [6.07, 6.45) is 9.86. The third kappa shape index (κ3) is 4.56. The van der Waals surface area contributed by atoms with Gasteiger partial charge in [-0.3, -0.25) is 9.78 Å². The number of carbonyl (C=O) groups excluding carboxylic acids is 1. The Bertz CT molecular complexity index is 993. The molecule has 1 aliphatic carbocycles. The molecule has 1 saturated carbocycles. The maximum atomic E-state index is 12.3. The normalized spacial score (nSPS) is 14.2. The highest BCUT2D eigenvalue weighted by Gasteiger charge is 2.22. The minimum absolute atomic E-state index is 0.189. The minimum atomic E-state index is 0.189. The first kappa shape index (κ1) is 20.2. The topological polar surface area (TPSA) is 67.8 Å². The summed E-state index contributed by atoms with van der Waals surface area (Å²) in [5, 5.41) is 3.09. The zero-order valence-corrected chi connectivity index (χ0v) is 17.6. The van der Waals surface area contributed by atoms with E-state index in [9.17, 15) is 4.79 Å². The molecule has 30 heavy (non-hydrogen) atoms. The molecule has 0 unspecified atom stereocenters. The maximum absolute atomic E-state index is 12.3. The summed E-state index contributed by atoms with van der Waals surface area (Å²) in [7, 11) is 0. The van der Waals surface area contributed by atoms with Gasteiger partial charge < -0.3 is 5.32 Å². The minimum Gasteiger partial charge on any atom is -0.352 e. The van der Waals surface area contributed by atoms with Crippen LogP contribution in [0.15, 0.2) is 55.0 Å². The van der Waals surface area contributed by atoms with Crippen molar-refractivity contribution in [3.05, 3.63) is 66.4 Å². The Morgan fingerprint density at radius 3 is 2.40 bits per heavy atom. The molecule has 1 aliphatic rings. The molecular formula is C25H28N4O. The average molecular weight is 401 g/mol. The fourth-order valence-corrected chi connectivity index (χ4v) is 3.94. The van der Waals surface area contributed by atoms with E-state index in [1.165, 1.54) is 12.8 Å². The van der Waals surface area contributed by atoms with Gasteiger partial charge in [0.2, 0.25) is 5.91 Å². The van der Waals surface area contributed by atoms with Gasteiger partial charge in [0, 0.05) is 48.1 Å². The highest BCUT2D eigenvalue weighted by Crippen LogP contribution is 2.31. The van der Waals surface area contributed by atoms with Gasteiger partial charge in [-0.25, -0.2) is 9.97 Å². The van der Waals surface area contributed by atoms with Crippen molar-refractivity contribution in [2.24, 2.45) is 5.92 Å². The monoisotopic (exact) mass is 400 g/mol. The fraction of sp³-hybridized carbons (Fsp3) is 0.360. The van der Waals surface area contributed by atoms with Gasteiger partial charge >= 0.3 is 0 Å². The second kappa shape index (κ2) is 9.16. The summed E-state index contributed by atoms with van der Waals surface area (Å²) in [6.45, 7) is 4.76. The Balaban J connectivity index is 1.57. The SMILES string of the molecule is CC(C)c1ncc(-c2ccncc2)c(-c2ccc(CNC(=O)C3CCCC3)cc2)n1. The van der Waals surface area contributed by atoms with Crippen LogP contribution < -0.4 is 5.32 Å². The quantitative estimate of drug-likeness (QED) is 0.622. The van der Waals surface area contributed by atoms with E-state index in [4.69, 9.17) is 4.98 Å². The molecule has 2 aromatic heterocycles. The lowest BCUT2D eigenvalue weighted by atomic mass is 10.00. The van der Waals surface area contributed by atoms with E-state index in [2.05, 4.69) is 53.4 Å². The van der Waals surface area contributed by atoms with Crippen LogP contribution in [-0.2, 0) is 11.3 Å². The number of amides is 1. The van der Waals surface area contributed by atoms with Crippen LogP contribution in [0.4, 0.5) is 0 Å². The van der Waals surface area contributed by atoms with Crippen LogP contribution in [0.25, 0.3) is 22.4 Å². The molecule has 3 aromatic rings. The molecule has 0 radical (unpaired) electrons. The summed E-state index contributed by atoms with van der Waals surface area (Å²) >= 11 is 0. The Morgan fingerprint density at radius 1 is 1.03 bits per heavy atom. The standard InChI is InChI=1S/C25H28N4O/c1-17(2)24-27-16-22(19-11-13-26-14-12-19)23(29-24)20-9-7-18(8-10-20)15-28-25(30)21-5-3-4-6-21/h7-14,16-17,21H,3-6,15H2,1-2H3,(H,28,30). The number of hydrogen-bond acceptors (Lipinski definition) is 4. The lowest BCUT2D eigenvalue weighted by Crippen LogP contribution is -2.28. The van der Waals surface area contributed by atoms with E-state index in [1.807, 2.05) is 18.3 Å². The van der Waals surface area contributed by atoms with E-state index in [-0.39, 0.29) is 17.7 Å². The second-order valence-electron chi connectivity index (χ2n) is 8.28. The molecule has 154 valence electrons. The molecule has 0 aliphatic heterocycles. The fourth-order valence-electron chi connectivity index (χ4n) is 3.94. The van der Waals surface area contributed by atoms with Crippen molar-refractivity contribution in [3.63, 3.8) is 0 Å².